The monoisotopic (exact) mass is 935 g/mol. The Balaban J connectivity index is 2.30. The van der Waals surface area contributed by atoms with E-state index in [1.165, 1.54) is 180 Å². The summed E-state index contributed by atoms with van der Waals surface area (Å²) in [5.41, 5.74) is 0. The molecule has 12 nitrogen and oxygen atoms in total. The first-order valence-corrected chi connectivity index (χ1v) is 28.0. The van der Waals surface area contributed by atoms with Crippen molar-refractivity contribution in [1.29, 1.82) is 0 Å². The summed E-state index contributed by atoms with van der Waals surface area (Å²) in [6.45, 7) is 4.30. The molecule has 1 fully saturated rings. The fraction of sp³-hybridized carbons (Fsp3) is 0.941. The van der Waals surface area contributed by atoms with Crippen LogP contribution in [0, 0.1) is 0 Å². The van der Waals surface area contributed by atoms with Gasteiger partial charge in [0, 0.05) is 13.0 Å². The minimum Gasteiger partial charge on any atom is -0.457 e. The molecule has 1 aliphatic rings. The molecule has 0 aliphatic heterocycles. The van der Waals surface area contributed by atoms with Gasteiger partial charge in [0.05, 0.1) is 13.2 Å². The third-order valence-electron chi connectivity index (χ3n) is 12.6. The molecule has 1 rings (SSSR count). The van der Waals surface area contributed by atoms with Crippen molar-refractivity contribution in [2.45, 2.75) is 288 Å². The van der Waals surface area contributed by atoms with E-state index >= 15 is 0 Å². The first-order chi connectivity index (χ1) is 31.0. The third-order valence-corrected chi connectivity index (χ3v) is 13.6. The third kappa shape index (κ3) is 33.5. The van der Waals surface area contributed by atoms with Gasteiger partial charge in [0.15, 0.2) is 0 Å². The maximum absolute atomic E-state index is 12.8. The number of unbranched alkanes of at least 4 members (excludes halogenated alkanes) is 32. The standard InChI is InChI=1S/C51H99O12P/c1-3-5-7-9-11-13-15-17-19-20-21-22-23-24-25-27-29-31-33-35-37-39-41-60-42-44(43-61-64(58,59)63-51-49(56)47(54)46(53)48(55)50(51)57)62-45(52)40-38-36-34-32-30-28-26-18-16-14-12-10-8-6-4-2/h20-21,44,46-51,53-57H,3-19,22-43H2,1-2H3,(H,58,59)/b21-20-. The number of phosphoric ester groups is 1. The van der Waals surface area contributed by atoms with Crippen molar-refractivity contribution in [2.24, 2.45) is 0 Å². The van der Waals surface area contributed by atoms with Crippen LogP contribution in [0.5, 0.6) is 0 Å². The Morgan fingerprint density at radius 2 is 0.828 bits per heavy atom. The lowest BCUT2D eigenvalue weighted by Gasteiger charge is -2.41. The van der Waals surface area contributed by atoms with Gasteiger partial charge in [0.2, 0.25) is 0 Å². The second kappa shape index (κ2) is 42.2. The largest absolute Gasteiger partial charge is 0.472 e. The summed E-state index contributed by atoms with van der Waals surface area (Å²) in [7, 11) is -5.02. The molecule has 0 spiro atoms. The Labute approximate surface area is 390 Å². The maximum atomic E-state index is 12.8. The molecule has 0 bridgehead atoms. The summed E-state index contributed by atoms with van der Waals surface area (Å²) in [6, 6.07) is 0. The van der Waals surface area contributed by atoms with E-state index in [0.717, 1.165) is 38.5 Å². The molecule has 0 aromatic heterocycles. The van der Waals surface area contributed by atoms with E-state index < -0.39 is 63.1 Å². The van der Waals surface area contributed by atoms with Crippen LogP contribution in [0.25, 0.3) is 0 Å². The number of aliphatic hydroxyl groups is 5. The predicted molar refractivity (Wildman–Crippen MR) is 258 cm³/mol. The van der Waals surface area contributed by atoms with Crippen molar-refractivity contribution in [2.75, 3.05) is 19.8 Å². The molecule has 0 saturated heterocycles. The Morgan fingerprint density at radius 1 is 0.484 bits per heavy atom. The number of hydrogen-bond donors (Lipinski definition) is 6. The van der Waals surface area contributed by atoms with Crippen LogP contribution in [0.15, 0.2) is 12.2 Å². The van der Waals surface area contributed by atoms with Crippen LogP contribution in [0.3, 0.4) is 0 Å². The van der Waals surface area contributed by atoms with Gasteiger partial charge in [-0.3, -0.25) is 13.8 Å². The molecule has 1 saturated carbocycles. The summed E-state index contributed by atoms with van der Waals surface area (Å²) < 4.78 is 34.3. The smallest absolute Gasteiger partial charge is 0.457 e. The summed E-state index contributed by atoms with van der Waals surface area (Å²) in [6.07, 6.45) is 35.7. The van der Waals surface area contributed by atoms with Crippen molar-refractivity contribution in [3.8, 4) is 0 Å². The fourth-order valence-corrected chi connectivity index (χ4v) is 9.38. The van der Waals surface area contributed by atoms with Crippen LogP contribution in [0.2, 0.25) is 0 Å². The highest BCUT2D eigenvalue weighted by molar-refractivity contribution is 7.47. The van der Waals surface area contributed by atoms with Gasteiger partial charge in [0.25, 0.3) is 0 Å². The minimum absolute atomic E-state index is 0.0715. The van der Waals surface area contributed by atoms with E-state index in [1.54, 1.807) is 0 Å². The van der Waals surface area contributed by atoms with Crippen molar-refractivity contribution < 1.29 is 58.3 Å². The molecule has 0 amide bonds. The molecule has 6 N–H and O–H groups in total. The van der Waals surface area contributed by atoms with E-state index in [9.17, 15) is 39.8 Å². The average molecular weight is 935 g/mol. The zero-order valence-electron chi connectivity index (χ0n) is 40.9. The Kier molecular flexibility index (Phi) is 40.3. The highest BCUT2D eigenvalue weighted by Gasteiger charge is 2.51. The Morgan fingerprint density at radius 3 is 1.23 bits per heavy atom. The number of phosphoric acid groups is 1. The number of aliphatic hydroxyl groups excluding tert-OH is 5. The van der Waals surface area contributed by atoms with E-state index in [1.807, 2.05) is 0 Å². The molecule has 0 aromatic rings. The predicted octanol–water partition coefficient (Wildman–Crippen LogP) is 11.9. The lowest BCUT2D eigenvalue weighted by molar-refractivity contribution is -0.220. The second-order valence-electron chi connectivity index (χ2n) is 18.7. The van der Waals surface area contributed by atoms with Crippen LogP contribution >= 0.6 is 7.82 Å². The molecule has 6 unspecified atom stereocenters. The number of esters is 1. The summed E-state index contributed by atoms with van der Waals surface area (Å²) in [5.74, 6) is -0.472. The Bertz CT molecular complexity index is 1110. The van der Waals surface area contributed by atoms with E-state index in [-0.39, 0.29) is 13.0 Å². The topological polar surface area (TPSA) is 192 Å². The molecular weight excluding hydrogens is 836 g/mol. The van der Waals surface area contributed by atoms with E-state index in [0.29, 0.717) is 13.0 Å². The van der Waals surface area contributed by atoms with Crippen molar-refractivity contribution in [1.82, 2.24) is 0 Å². The molecule has 380 valence electrons. The second-order valence-corrected chi connectivity index (χ2v) is 20.1. The lowest BCUT2D eigenvalue weighted by atomic mass is 9.85. The molecule has 13 heteroatoms. The van der Waals surface area contributed by atoms with E-state index in [4.69, 9.17) is 18.5 Å². The number of hydrogen-bond acceptors (Lipinski definition) is 11. The average Bonchev–Trinajstić information content (AvgIpc) is 3.28. The molecule has 0 aromatic carbocycles. The molecule has 1 aliphatic carbocycles. The van der Waals surface area contributed by atoms with Crippen LogP contribution < -0.4 is 0 Å². The van der Waals surface area contributed by atoms with Crippen molar-refractivity contribution >= 4 is 13.8 Å². The van der Waals surface area contributed by atoms with Crippen LogP contribution in [-0.4, -0.2) is 98.9 Å². The van der Waals surface area contributed by atoms with E-state index in [2.05, 4.69) is 26.0 Å². The van der Waals surface area contributed by atoms with Crippen LogP contribution in [0.4, 0.5) is 0 Å². The molecule has 64 heavy (non-hydrogen) atoms. The van der Waals surface area contributed by atoms with Gasteiger partial charge in [-0.1, -0.05) is 212 Å². The first kappa shape index (κ1) is 61.1. The summed E-state index contributed by atoms with van der Waals surface area (Å²) in [4.78, 5) is 23.2. The number of allylic oxidation sites excluding steroid dienone is 2. The van der Waals surface area contributed by atoms with Gasteiger partial charge in [0.1, 0.15) is 42.7 Å². The minimum atomic E-state index is -5.02. The van der Waals surface area contributed by atoms with Gasteiger partial charge < -0.3 is 39.9 Å². The normalized spacial score (nSPS) is 21.7. The van der Waals surface area contributed by atoms with Gasteiger partial charge in [-0.25, -0.2) is 4.57 Å². The quantitative estimate of drug-likeness (QED) is 0.0147. The molecular formula is C51H99O12P. The van der Waals surface area contributed by atoms with Gasteiger partial charge >= 0.3 is 13.8 Å². The highest BCUT2D eigenvalue weighted by atomic mass is 31.2. The zero-order valence-corrected chi connectivity index (χ0v) is 41.7. The SMILES string of the molecule is CCCCCCCCCC/C=C\CCCCCCCCCCCCOCC(COP(=O)(O)OC1C(O)C(O)C(O)C(O)C1O)OC(=O)CCCCCCCCCCCCCCCCC. The summed E-state index contributed by atoms with van der Waals surface area (Å²) >= 11 is 0. The first-order valence-electron chi connectivity index (χ1n) is 26.5. The molecule has 6 atom stereocenters. The van der Waals surface area contributed by atoms with Crippen LogP contribution in [-0.2, 0) is 27.9 Å². The van der Waals surface area contributed by atoms with Gasteiger partial charge in [-0.05, 0) is 38.5 Å². The number of ether oxygens (including phenoxy) is 2. The number of rotatable bonds is 46. The number of carbonyl (C=O) groups excluding carboxylic acids is 1. The molecule has 0 heterocycles. The highest BCUT2D eigenvalue weighted by Crippen LogP contribution is 2.47. The van der Waals surface area contributed by atoms with Crippen molar-refractivity contribution in [3.05, 3.63) is 12.2 Å². The Hall–Kier alpha value is -0.920. The lowest BCUT2D eigenvalue weighted by Crippen LogP contribution is -2.64. The maximum Gasteiger partial charge on any atom is 0.472 e. The molecule has 0 radical (unpaired) electrons. The summed E-state index contributed by atoms with van der Waals surface area (Å²) in [5, 5.41) is 50.3. The van der Waals surface area contributed by atoms with Gasteiger partial charge in [-0.2, -0.15) is 0 Å². The fourth-order valence-electron chi connectivity index (χ4n) is 8.41. The van der Waals surface area contributed by atoms with Crippen molar-refractivity contribution in [3.63, 3.8) is 0 Å². The zero-order chi connectivity index (χ0) is 46.9. The van der Waals surface area contributed by atoms with Crippen LogP contribution in [0.1, 0.15) is 245 Å². The number of carbonyl (C=O) groups is 1. The van der Waals surface area contributed by atoms with Gasteiger partial charge in [-0.15, -0.1) is 0 Å².